The minimum Gasteiger partial charge on any atom is -0.398 e. The van der Waals surface area contributed by atoms with Crippen molar-refractivity contribution in [2.24, 2.45) is 0 Å². The Hall–Kier alpha value is -1.33. The molecular formula is C14H15BrN2OS. The van der Waals surface area contributed by atoms with Gasteiger partial charge < -0.3 is 11.1 Å². The van der Waals surface area contributed by atoms with Gasteiger partial charge in [-0.15, -0.1) is 0 Å². The van der Waals surface area contributed by atoms with Crippen LogP contribution in [0.15, 0.2) is 33.4 Å². The van der Waals surface area contributed by atoms with Crippen LogP contribution in [0.1, 0.15) is 21.5 Å². The molecule has 1 amide bonds. The zero-order valence-corrected chi connectivity index (χ0v) is 13.0. The molecule has 19 heavy (non-hydrogen) atoms. The lowest BCUT2D eigenvalue weighted by atomic mass is 10.1. The molecule has 0 aliphatic rings. The van der Waals surface area contributed by atoms with E-state index in [0.29, 0.717) is 17.8 Å². The number of anilines is 1. The molecule has 0 aliphatic carbocycles. The molecule has 2 rings (SSSR count). The maximum Gasteiger partial charge on any atom is 0.251 e. The van der Waals surface area contributed by atoms with E-state index in [1.54, 1.807) is 23.5 Å². The zero-order valence-electron chi connectivity index (χ0n) is 10.6. The molecule has 0 saturated carbocycles. The highest BCUT2D eigenvalue weighted by atomic mass is 79.9. The fourth-order valence-electron chi connectivity index (χ4n) is 1.79. The van der Waals surface area contributed by atoms with Crippen molar-refractivity contribution in [3.63, 3.8) is 0 Å². The Balaban J connectivity index is 2.00. The van der Waals surface area contributed by atoms with Crippen LogP contribution in [0.2, 0.25) is 0 Å². The molecule has 5 heteroatoms. The summed E-state index contributed by atoms with van der Waals surface area (Å²) in [6.45, 7) is 2.48. The van der Waals surface area contributed by atoms with Crippen LogP contribution in [0, 0.1) is 6.92 Å². The number of amides is 1. The molecule has 0 fully saturated rings. The molecule has 3 N–H and O–H groups in total. The van der Waals surface area contributed by atoms with E-state index < -0.39 is 0 Å². The van der Waals surface area contributed by atoms with Crippen LogP contribution in [-0.4, -0.2) is 12.5 Å². The van der Waals surface area contributed by atoms with Crippen LogP contribution in [0.5, 0.6) is 0 Å². The monoisotopic (exact) mass is 338 g/mol. The number of hydrogen-bond donors (Lipinski definition) is 2. The highest BCUT2D eigenvalue weighted by Gasteiger charge is 2.11. The molecular weight excluding hydrogens is 324 g/mol. The Morgan fingerprint density at radius 2 is 2.26 bits per heavy atom. The molecule has 0 atom stereocenters. The summed E-state index contributed by atoms with van der Waals surface area (Å²) in [6, 6.07) is 5.67. The van der Waals surface area contributed by atoms with Crippen molar-refractivity contribution >= 4 is 38.9 Å². The predicted octanol–water partition coefficient (Wildman–Crippen LogP) is 3.37. The third-order valence-electron chi connectivity index (χ3n) is 2.94. The summed E-state index contributed by atoms with van der Waals surface area (Å²) in [5.74, 6) is -0.0827. The number of nitrogens with one attached hydrogen (secondary N) is 1. The van der Waals surface area contributed by atoms with Gasteiger partial charge in [0.05, 0.1) is 0 Å². The fraction of sp³-hybridized carbons (Fsp3) is 0.214. The van der Waals surface area contributed by atoms with E-state index in [-0.39, 0.29) is 5.91 Å². The van der Waals surface area contributed by atoms with E-state index in [0.717, 1.165) is 16.5 Å². The third-order valence-corrected chi connectivity index (χ3v) is 4.13. The fourth-order valence-corrected chi connectivity index (χ4v) is 2.97. The second-order valence-electron chi connectivity index (χ2n) is 4.31. The minimum atomic E-state index is -0.0827. The normalized spacial score (nSPS) is 10.4. The molecule has 0 radical (unpaired) electrons. The highest BCUT2D eigenvalue weighted by Crippen LogP contribution is 2.22. The highest BCUT2D eigenvalue weighted by molar-refractivity contribution is 9.10. The van der Waals surface area contributed by atoms with Gasteiger partial charge in [-0.05, 0) is 53.4 Å². The number of nitrogen functional groups attached to an aromatic ring is 1. The SMILES string of the molecule is Cc1c(N)cc(Br)cc1C(=O)NCCc1ccsc1. The Kier molecular flexibility index (Phi) is 4.61. The zero-order chi connectivity index (χ0) is 13.8. The van der Waals surface area contributed by atoms with Gasteiger partial charge in [-0.2, -0.15) is 11.3 Å². The van der Waals surface area contributed by atoms with Crippen LogP contribution in [0.25, 0.3) is 0 Å². The van der Waals surface area contributed by atoms with Gasteiger partial charge in [-0.25, -0.2) is 0 Å². The molecule has 3 nitrogen and oxygen atoms in total. The van der Waals surface area contributed by atoms with E-state index in [1.165, 1.54) is 5.56 Å². The number of benzene rings is 1. The van der Waals surface area contributed by atoms with Gasteiger partial charge in [-0.1, -0.05) is 15.9 Å². The summed E-state index contributed by atoms with van der Waals surface area (Å²) >= 11 is 5.02. The van der Waals surface area contributed by atoms with Crippen molar-refractivity contribution in [3.8, 4) is 0 Å². The number of carbonyl (C=O) groups is 1. The third kappa shape index (κ3) is 3.58. The number of carbonyl (C=O) groups excluding carboxylic acids is 1. The summed E-state index contributed by atoms with van der Waals surface area (Å²) in [7, 11) is 0. The maximum atomic E-state index is 12.1. The van der Waals surface area contributed by atoms with Crippen LogP contribution in [0.4, 0.5) is 5.69 Å². The van der Waals surface area contributed by atoms with Crippen LogP contribution in [0.3, 0.4) is 0 Å². The van der Waals surface area contributed by atoms with Crippen molar-refractivity contribution in [2.75, 3.05) is 12.3 Å². The summed E-state index contributed by atoms with van der Waals surface area (Å²) in [5.41, 5.74) is 9.16. The minimum absolute atomic E-state index is 0.0827. The van der Waals surface area contributed by atoms with E-state index in [9.17, 15) is 4.79 Å². The van der Waals surface area contributed by atoms with Gasteiger partial charge in [0.2, 0.25) is 0 Å². The number of rotatable bonds is 4. The first-order valence-corrected chi connectivity index (χ1v) is 7.66. The van der Waals surface area contributed by atoms with E-state index in [1.807, 2.05) is 12.3 Å². The quantitative estimate of drug-likeness (QED) is 0.839. The lowest BCUT2D eigenvalue weighted by Crippen LogP contribution is -2.26. The van der Waals surface area contributed by atoms with Crippen molar-refractivity contribution in [3.05, 3.63) is 50.1 Å². The summed E-state index contributed by atoms with van der Waals surface area (Å²) in [6.07, 6.45) is 0.845. The first-order chi connectivity index (χ1) is 9.08. The van der Waals surface area contributed by atoms with E-state index >= 15 is 0 Å². The summed E-state index contributed by atoms with van der Waals surface area (Å²) in [4.78, 5) is 12.1. The molecule has 2 aromatic rings. The van der Waals surface area contributed by atoms with Gasteiger partial charge >= 0.3 is 0 Å². The Labute approximate surface area is 125 Å². The Morgan fingerprint density at radius 3 is 2.95 bits per heavy atom. The average Bonchev–Trinajstić information content (AvgIpc) is 2.86. The van der Waals surface area contributed by atoms with Crippen LogP contribution >= 0.6 is 27.3 Å². The molecule has 0 unspecified atom stereocenters. The molecule has 100 valence electrons. The summed E-state index contributed by atoms with van der Waals surface area (Å²) < 4.78 is 0.818. The molecule has 1 aromatic heterocycles. The standard InChI is InChI=1S/C14H15BrN2OS/c1-9-12(6-11(15)7-13(9)16)14(18)17-4-2-10-3-5-19-8-10/h3,5-8H,2,4,16H2,1H3,(H,17,18). The molecule has 1 heterocycles. The van der Waals surface area contributed by atoms with Crippen molar-refractivity contribution in [2.45, 2.75) is 13.3 Å². The Bertz CT molecular complexity index is 581. The maximum absolute atomic E-state index is 12.1. The molecule has 0 bridgehead atoms. The van der Waals surface area contributed by atoms with Gasteiger partial charge in [0.15, 0.2) is 0 Å². The predicted molar refractivity (Wildman–Crippen MR) is 83.6 cm³/mol. The molecule has 0 saturated heterocycles. The topological polar surface area (TPSA) is 55.1 Å². The molecule has 0 spiro atoms. The van der Waals surface area contributed by atoms with Crippen LogP contribution in [-0.2, 0) is 6.42 Å². The van der Waals surface area contributed by atoms with Crippen LogP contribution < -0.4 is 11.1 Å². The second kappa shape index (κ2) is 6.21. The molecule has 1 aromatic carbocycles. The number of halogens is 1. The average molecular weight is 339 g/mol. The number of hydrogen-bond acceptors (Lipinski definition) is 3. The van der Waals surface area contributed by atoms with E-state index in [4.69, 9.17) is 5.73 Å². The van der Waals surface area contributed by atoms with Gasteiger partial charge in [0.1, 0.15) is 0 Å². The first-order valence-electron chi connectivity index (χ1n) is 5.93. The van der Waals surface area contributed by atoms with Gasteiger partial charge in [0, 0.05) is 22.3 Å². The largest absolute Gasteiger partial charge is 0.398 e. The van der Waals surface area contributed by atoms with Gasteiger partial charge in [-0.3, -0.25) is 4.79 Å². The Morgan fingerprint density at radius 1 is 1.47 bits per heavy atom. The second-order valence-corrected chi connectivity index (χ2v) is 6.00. The van der Waals surface area contributed by atoms with Crippen molar-refractivity contribution in [1.29, 1.82) is 0 Å². The number of thiophene rings is 1. The molecule has 0 aliphatic heterocycles. The summed E-state index contributed by atoms with van der Waals surface area (Å²) in [5, 5.41) is 7.05. The lowest BCUT2D eigenvalue weighted by Gasteiger charge is -2.10. The lowest BCUT2D eigenvalue weighted by molar-refractivity contribution is 0.0953. The first kappa shape index (κ1) is 14.1. The van der Waals surface area contributed by atoms with E-state index in [2.05, 4.69) is 32.7 Å². The number of nitrogens with two attached hydrogens (primary N) is 1. The van der Waals surface area contributed by atoms with Crippen molar-refractivity contribution in [1.82, 2.24) is 5.32 Å². The van der Waals surface area contributed by atoms with Crippen molar-refractivity contribution < 1.29 is 4.79 Å². The smallest absolute Gasteiger partial charge is 0.251 e. The van der Waals surface area contributed by atoms with Gasteiger partial charge in [0.25, 0.3) is 5.91 Å².